The fourth-order valence-corrected chi connectivity index (χ4v) is 3.62. The predicted molar refractivity (Wildman–Crippen MR) is 87.8 cm³/mol. The summed E-state index contributed by atoms with van der Waals surface area (Å²) in [7, 11) is 0. The zero-order valence-electron chi connectivity index (χ0n) is 13.4. The van der Waals surface area contributed by atoms with Crippen molar-refractivity contribution in [3.8, 4) is 0 Å². The van der Waals surface area contributed by atoms with Crippen LogP contribution in [0.1, 0.15) is 26.7 Å². The average Bonchev–Trinajstić information content (AvgIpc) is 2.56. The Morgan fingerprint density at radius 1 is 1.00 bits per heavy atom. The molecule has 0 atom stereocenters. The van der Waals surface area contributed by atoms with Gasteiger partial charge in [-0.3, -0.25) is 4.90 Å². The molecule has 3 rings (SSSR count). The highest BCUT2D eigenvalue weighted by Crippen LogP contribution is 2.21. The molecule has 0 amide bonds. The molecule has 3 heterocycles. The lowest BCUT2D eigenvalue weighted by molar-refractivity contribution is 0.0882. The zero-order valence-corrected chi connectivity index (χ0v) is 13.4. The number of aromatic nitrogens is 1. The minimum Gasteiger partial charge on any atom is -0.354 e. The minimum atomic E-state index is 0.701. The average molecular weight is 288 g/mol. The number of piperidine rings is 1. The van der Waals surface area contributed by atoms with Crippen LogP contribution < -0.4 is 4.90 Å². The van der Waals surface area contributed by atoms with Crippen molar-refractivity contribution in [2.45, 2.75) is 38.8 Å². The highest BCUT2D eigenvalue weighted by atomic mass is 15.3. The van der Waals surface area contributed by atoms with Gasteiger partial charge in [0.1, 0.15) is 5.82 Å². The van der Waals surface area contributed by atoms with E-state index in [2.05, 4.69) is 45.7 Å². The van der Waals surface area contributed by atoms with Crippen LogP contribution in [0, 0.1) is 0 Å². The standard InChI is InChI=1S/C17H28N4/c1-15(2)19-9-6-16(7-10-19)20-11-13-21(14-12-20)17-5-3-4-8-18-17/h3-5,8,15-16H,6-7,9-14H2,1-2H3. The van der Waals surface area contributed by atoms with E-state index in [1.165, 1.54) is 39.0 Å². The van der Waals surface area contributed by atoms with Gasteiger partial charge in [-0.25, -0.2) is 4.98 Å². The molecule has 0 unspecified atom stereocenters. The van der Waals surface area contributed by atoms with E-state index in [0.717, 1.165) is 24.9 Å². The maximum Gasteiger partial charge on any atom is 0.128 e. The number of hydrogen-bond donors (Lipinski definition) is 0. The third-order valence-corrected chi connectivity index (χ3v) is 5.03. The van der Waals surface area contributed by atoms with Crippen LogP contribution in [0.2, 0.25) is 0 Å². The monoisotopic (exact) mass is 288 g/mol. The van der Waals surface area contributed by atoms with E-state index in [0.29, 0.717) is 6.04 Å². The topological polar surface area (TPSA) is 22.6 Å². The molecule has 2 fully saturated rings. The van der Waals surface area contributed by atoms with E-state index in [1.807, 2.05) is 12.3 Å². The Morgan fingerprint density at radius 2 is 1.71 bits per heavy atom. The van der Waals surface area contributed by atoms with Gasteiger partial charge in [-0.05, 0) is 51.9 Å². The van der Waals surface area contributed by atoms with Crippen LogP contribution in [0.25, 0.3) is 0 Å². The number of anilines is 1. The normalized spacial score (nSPS) is 22.9. The van der Waals surface area contributed by atoms with Gasteiger partial charge in [-0.2, -0.15) is 0 Å². The third-order valence-electron chi connectivity index (χ3n) is 5.03. The SMILES string of the molecule is CC(C)N1CCC(N2CCN(c3ccccn3)CC2)CC1. The molecule has 2 saturated heterocycles. The van der Waals surface area contributed by atoms with E-state index >= 15 is 0 Å². The van der Waals surface area contributed by atoms with Crippen LogP contribution >= 0.6 is 0 Å². The van der Waals surface area contributed by atoms with Crippen molar-refractivity contribution in [3.63, 3.8) is 0 Å². The maximum atomic E-state index is 4.47. The number of hydrogen-bond acceptors (Lipinski definition) is 4. The van der Waals surface area contributed by atoms with E-state index in [9.17, 15) is 0 Å². The van der Waals surface area contributed by atoms with Gasteiger partial charge in [0.05, 0.1) is 0 Å². The molecule has 116 valence electrons. The summed E-state index contributed by atoms with van der Waals surface area (Å²) in [5.41, 5.74) is 0. The van der Waals surface area contributed by atoms with Gasteiger partial charge in [0.25, 0.3) is 0 Å². The summed E-state index contributed by atoms with van der Waals surface area (Å²) in [5, 5.41) is 0. The van der Waals surface area contributed by atoms with Gasteiger partial charge >= 0.3 is 0 Å². The number of rotatable bonds is 3. The summed E-state index contributed by atoms with van der Waals surface area (Å²) in [6.07, 6.45) is 4.56. The molecule has 0 spiro atoms. The van der Waals surface area contributed by atoms with Crippen LogP contribution in [0.3, 0.4) is 0 Å². The summed E-state index contributed by atoms with van der Waals surface area (Å²) in [4.78, 5) is 12.2. The van der Waals surface area contributed by atoms with Gasteiger partial charge in [0.2, 0.25) is 0 Å². The summed E-state index contributed by atoms with van der Waals surface area (Å²) in [6.45, 7) is 11.7. The maximum absolute atomic E-state index is 4.47. The molecule has 2 aliphatic heterocycles. The lowest BCUT2D eigenvalue weighted by Gasteiger charge is -2.43. The first kappa shape index (κ1) is 14.8. The Balaban J connectivity index is 1.48. The van der Waals surface area contributed by atoms with Crippen LogP contribution in [-0.2, 0) is 0 Å². The largest absolute Gasteiger partial charge is 0.354 e. The number of piperazine rings is 1. The molecule has 0 radical (unpaired) electrons. The van der Waals surface area contributed by atoms with Gasteiger partial charge in [-0.15, -0.1) is 0 Å². The van der Waals surface area contributed by atoms with Crippen LogP contribution in [0.5, 0.6) is 0 Å². The van der Waals surface area contributed by atoms with E-state index < -0.39 is 0 Å². The molecule has 21 heavy (non-hydrogen) atoms. The molecule has 2 aliphatic rings. The van der Waals surface area contributed by atoms with E-state index in [1.54, 1.807) is 0 Å². The highest BCUT2D eigenvalue weighted by molar-refractivity contribution is 5.38. The minimum absolute atomic E-state index is 0.701. The van der Waals surface area contributed by atoms with E-state index in [-0.39, 0.29) is 0 Å². The fourth-order valence-electron chi connectivity index (χ4n) is 3.62. The molecule has 1 aromatic rings. The number of likely N-dealkylation sites (tertiary alicyclic amines) is 1. The van der Waals surface area contributed by atoms with Crippen molar-refractivity contribution >= 4 is 5.82 Å². The summed E-state index contributed by atoms with van der Waals surface area (Å²) >= 11 is 0. The van der Waals surface area contributed by atoms with Crippen LogP contribution in [-0.4, -0.2) is 66.1 Å². The van der Waals surface area contributed by atoms with E-state index in [4.69, 9.17) is 0 Å². The summed E-state index contributed by atoms with van der Waals surface area (Å²) in [6, 6.07) is 7.69. The van der Waals surface area contributed by atoms with Crippen molar-refractivity contribution in [1.29, 1.82) is 0 Å². The lowest BCUT2D eigenvalue weighted by atomic mass is 10.0. The van der Waals surface area contributed by atoms with Crippen molar-refractivity contribution in [3.05, 3.63) is 24.4 Å². The van der Waals surface area contributed by atoms with Crippen molar-refractivity contribution in [1.82, 2.24) is 14.8 Å². The highest BCUT2D eigenvalue weighted by Gasteiger charge is 2.28. The second-order valence-corrected chi connectivity index (χ2v) is 6.57. The molecule has 0 N–H and O–H groups in total. The first-order valence-corrected chi connectivity index (χ1v) is 8.38. The molecular formula is C17H28N4. The summed E-state index contributed by atoms with van der Waals surface area (Å²) in [5.74, 6) is 1.13. The van der Waals surface area contributed by atoms with Crippen LogP contribution in [0.15, 0.2) is 24.4 Å². The first-order chi connectivity index (χ1) is 10.2. The lowest BCUT2D eigenvalue weighted by Crippen LogP contribution is -2.54. The van der Waals surface area contributed by atoms with Gasteiger partial charge in [0, 0.05) is 44.5 Å². The molecule has 4 heteroatoms. The van der Waals surface area contributed by atoms with Gasteiger partial charge in [0.15, 0.2) is 0 Å². The quantitative estimate of drug-likeness (QED) is 0.849. The zero-order chi connectivity index (χ0) is 14.7. The van der Waals surface area contributed by atoms with Crippen molar-refractivity contribution in [2.75, 3.05) is 44.2 Å². The summed E-state index contributed by atoms with van der Waals surface area (Å²) < 4.78 is 0. The molecule has 0 aliphatic carbocycles. The van der Waals surface area contributed by atoms with Gasteiger partial charge in [-0.1, -0.05) is 6.07 Å². The first-order valence-electron chi connectivity index (χ1n) is 8.38. The Hall–Kier alpha value is -1.13. The fraction of sp³-hybridized carbons (Fsp3) is 0.706. The Morgan fingerprint density at radius 3 is 2.29 bits per heavy atom. The Kier molecular flexibility index (Phi) is 4.76. The Bertz CT molecular complexity index is 418. The molecular weight excluding hydrogens is 260 g/mol. The third kappa shape index (κ3) is 3.55. The Labute approximate surface area is 128 Å². The predicted octanol–water partition coefficient (Wildman–Crippen LogP) is 2.08. The van der Waals surface area contributed by atoms with Gasteiger partial charge < -0.3 is 9.80 Å². The smallest absolute Gasteiger partial charge is 0.128 e. The molecule has 1 aromatic heterocycles. The molecule has 0 saturated carbocycles. The second kappa shape index (κ2) is 6.75. The van der Waals surface area contributed by atoms with Crippen LogP contribution in [0.4, 0.5) is 5.82 Å². The van der Waals surface area contributed by atoms with Crippen molar-refractivity contribution < 1.29 is 0 Å². The van der Waals surface area contributed by atoms with Crippen molar-refractivity contribution in [2.24, 2.45) is 0 Å². The molecule has 0 aromatic carbocycles. The molecule has 0 bridgehead atoms. The second-order valence-electron chi connectivity index (χ2n) is 6.57. The number of nitrogens with zero attached hydrogens (tertiary/aromatic N) is 4. The molecule has 4 nitrogen and oxygen atoms in total. The number of pyridine rings is 1.